The van der Waals surface area contributed by atoms with Crippen molar-refractivity contribution in [2.24, 2.45) is 0 Å². The van der Waals surface area contributed by atoms with Crippen LogP contribution in [-0.4, -0.2) is 17.0 Å². The van der Waals surface area contributed by atoms with E-state index in [1.807, 2.05) is 0 Å². The predicted octanol–water partition coefficient (Wildman–Crippen LogP) is 1.03. The van der Waals surface area contributed by atoms with Gasteiger partial charge in [0.05, 0.1) is 0 Å². The van der Waals surface area contributed by atoms with Gasteiger partial charge in [-0.1, -0.05) is 0 Å². The number of aromatic nitrogens is 1. The van der Waals surface area contributed by atoms with E-state index in [2.05, 4.69) is 10.3 Å². The molecule has 5 heteroatoms. The minimum atomic E-state index is -0.527. The summed E-state index contributed by atoms with van der Waals surface area (Å²) in [5.74, 6) is 0.357. The van der Waals surface area contributed by atoms with Crippen LogP contribution in [0.2, 0.25) is 0 Å². The van der Waals surface area contributed by atoms with E-state index in [0.29, 0.717) is 5.82 Å². The van der Waals surface area contributed by atoms with Crippen LogP contribution < -0.4 is 5.32 Å². The van der Waals surface area contributed by atoms with Gasteiger partial charge < -0.3 is 15.4 Å². The van der Waals surface area contributed by atoms with Crippen molar-refractivity contribution in [3.8, 4) is 0 Å². The van der Waals surface area contributed by atoms with Crippen molar-refractivity contribution in [1.29, 1.82) is 0 Å². The van der Waals surface area contributed by atoms with Crippen LogP contribution in [0.3, 0.4) is 0 Å². The summed E-state index contributed by atoms with van der Waals surface area (Å²) in [4.78, 5) is 13.3. The molecule has 5 nitrogen and oxygen atoms in total. The number of rotatable bonds is 2. The summed E-state index contributed by atoms with van der Waals surface area (Å²) in [6.45, 7) is 0. The molecule has 1 aromatic rings. The molecule has 0 bridgehead atoms. The number of nitrogens with one attached hydrogen (secondary N) is 1. The van der Waals surface area contributed by atoms with Gasteiger partial charge in [-0.15, -0.1) is 0 Å². The fourth-order valence-corrected chi connectivity index (χ4v) is 0.664. The topological polar surface area (TPSA) is 68.1 Å². The van der Waals surface area contributed by atoms with E-state index < -0.39 is 4.92 Å². The minimum absolute atomic E-state index is 0.142. The number of nitrogens with zero attached hydrogens (tertiary/aromatic N) is 2. The number of pyridine rings is 1. The van der Waals surface area contributed by atoms with Gasteiger partial charge in [-0.05, 0) is 16.0 Å². The van der Waals surface area contributed by atoms with E-state index in [0.717, 1.165) is 0 Å². The van der Waals surface area contributed by atoms with Gasteiger partial charge in [-0.2, -0.15) is 0 Å². The second-order valence-corrected chi connectivity index (χ2v) is 1.89. The van der Waals surface area contributed by atoms with Crippen molar-refractivity contribution in [2.75, 3.05) is 12.4 Å². The lowest BCUT2D eigenvalue weighted by Crippen LogP contribution is -1.96. The van der Waals surface area contributed by atoms with Crippen molar-refractivity contribution in [3.05, 3.63) is 28.3 Å². The third-order valence-electron chi connectivity index (χ3n) is 1.18. The predicted molar refractivity (Wildman–Crippen MR) is 40.4 cm³/mol. The first-order valence-electron chi connectivity index (χ1n) is 3.03. The fourth-order valence-electron chi connectivity index (χ4n) is 0.664. The smallest absolute Gasteiger partial charge is 0.358 e. The first kappa shape index (κ1) is 7.46. The molecule has 1 heterocycles. The average Bonchev–Trinajstić information content (AvgIpc) is 2.05. The molecule has 1 N–H and O–H groups in total. The SMILES string of the molecule is CNc1cccc([N+](=O)[O-])n1. The normalized spacial score (nSPS) is 9.18. The van der Waals surface area contributed by atoms with Crippen LogP contribution >= 0.6 is 0 Å². The molecule has 0 fully saturated rings. The van der Waals surface area contributed by atoms with Crippen molar-refractivity contribution in [1.82, 2.24) is 4.98 Å². The van der Waals surface area contributed by atoms with Gasteiger partial charge in [0.1, 0.15) is 0 Å². The van der Waals surface area contributed by atoms with Crippen molar-refractivity contribution in [3.63, 3.8) is 0 Å². The van der Waals surface area contributed by atoms with E-state index in [1.54, 1.807) is 19.2 Å². The van der Waals surface area contributed by atoms with Crippen molar-refractivity contribution >= 4 is 11.6 Å². The molecule has 0 aliphatic rings. The molecule has 0 unspecified atom stereocenters. The lowest BCUT2D eigenvalue weighted by molar-refractivity contribution is -0.389. The molecule has 0 aliphatic heterocycles. The van der Waals surface area contributed by atoms with Crippen LogP contribution in [-0.2, 0) is 0 Å². The van der Waals surface area contributed by atoms with Crippen LogP contribution in [0.5, 0.6) is 0 Å². The van der Waals surface area contributed by atoms with Crippen LogP contribution in [0.1, 0.15) is 0 Å². The summed E-state index contributed by atoms with van der Waals surface area (Å²) < 4.78 is 0. The number of hydrogen-bond donors (Lipinski definition) is 1. The molecule has 0 saturated carbocycles. The Bertz CT molecular complexity index is 274. The largest absolute Gasteiger partial charge is 0.365 e. The highest BCUT2D eigenvalue weighted by Crippen LogP contribution is 2.09. The van der Waals surface area contributed by atoms with Crippen LogP contribution in [0.4, 0.5) is 11.6 Å². The molecule has 0 aliphatic carbocycles. The molecule has 11 heavy (non-hydrogen) atoms. The van der Waals surface area contributed by atoms with Crippen LogP contribution in [0.15, 0.2) is 18.2 Å². The quantitative estimate of drug-likeness (QED) is 0.509. The van der Waals surface area contributed by atoms with Gasteiger partial charge in [0.25, 0.3) is 0 Å². The molecule has 0 aromatic carbocycles. The molecule has 1 aromatic heterocycles. The summed E-state index contributed by atoms with van der Waals surface area (Å²) in [5.41, 5.74) is 0. The van der Waals surface area contributed by atoms with Gasteiger partial charge in [0, 0.05) is 19.2 Å². The van der Waals surface area contributed by atoms with E-state index in [9.17, 15) is 10.1 Å². The highest BCUT2D eigenvalue weighted by atomic mass is 16.6. The molecular formula is C6H7N3O2. The second kappa shape index (κ2) is 2.96. The van der Waals surface area contributed by atoms with E-state index in [4.69, 9.17) is 0 Å². The average molecular weight is 153 g/mol. The third-order valence-corrected chi connectivity index (χ3v) is 1.18. The highest BCUT2D eigenvalue weighted by molar-refractivity contribution is 5.38. The molecule has 58 valence electrons. The lowest BCUT2D eigenvalue weighted by Gasteiger charge is -1.93. The van der Waals surface area contributed by atoms with Crippen molar-refractivity contribution < 1.29 is 4.92 Å². The Morgan fingerprint density at radius 3 is 2.91 bits per heavy atom. The Morgan fingerprint density at radius 1 is 1.64 bits per heavy atom. The molecule has 1 rings (SSSR count). The molecule has 0 radical (unpaired) electrons. The van der Waals surface area contributed by atoms with Gasteiger partial charge in [0.2, 0.25) is 5.82 Å². The van der Waals surface area contributed by atoms with Gasteiger partial charge in [0.15, 0.2) is 0 Å². The summed E-state index contributed by atoms with van der Waals surface area (Å²) in [7, 11) is 1.66. The Hall–Kier alpha value is -1.65. The van der Waals surface area contributed by atoms with E-state index >= 15 is 0 Å². The fraction of sp³-hybridized carbons (Fsp3) is 0.167. The zero-order chi connectivity index (χ0) is 8.27. The summed E-state index contributed by atoms with van der Waals surface area (Å²) in [6, 6.07) is 4.59. The van der Waals surface area contributed by atoms with Gasteiger partial charge in [-0.25, -0.2) is 0 Å². The summed E-state index contributed by atoms with van der Waals surface area (Å²) in [6.07, 6.45) is 0. The molecule has 0 atom stereocenters. The lowest BCUT2D eigenvalue weighted by atomic mass is 10.4. The molecule has 0 amide bonds. The maximum atomic E-state index is 10.2. The number of hydrogen-bond acceptors (Lipinski definition) is 4. The number of nitro groups is 1. The van der Waals surface area contributed by atoms with E-state index in [1.165, 1.54) is 6.07 Å². The Balaban J connectivity index is 3.01. The van der Waals surface area contributed by atoms with Crippen LogP contribution in [0.25, 0.3) is 0 Å². The monoisotopic (exact) mass is 153 g/mol. The van der Waals surface area contributed by atoms with Crippen molar-refractivity contribution in [2.45, 2.75) is 0 Å². The first-order valence-corrected chi connectivity index (χ1v) is 3.03. The van der Waals surface area contributed by atoms with Gasteiger partial charge >= 0.3 is 5.82 Å². The first-order chi connectivity index (χ1) is 5.24. The third kappa shape index (κ3) is 1.64. The standard InChI is InChI=1S/C6H7N3O2/c1-7-5-3-2-4-6(8-5)9(10)11/h2-4H,1H3,(H,7,8). The van der Waals surface area contributed by atoms with E-state index in [-0.39, 0.29) is 5.82 Å². The maximum absolute atomic E-state index is 10.2. The highest BCUT2D eigenvalue weighted by Gasteiger charge is 2.06. The number of anilines is 1. The summed E-state index contributed by atoms with van der Waals surface area (Å²) in [5, 5.41) is 12.9. The summed E-state index contributed by atoms with van der Waals surface area (Å²) >= 11 is 0. The molecule has 0 spiro atoms. The van der Waals surface area contributed by atoms with Gasteiger partial charge in [-0.3, -0.25) is 0 Å². The van der Waals surface area contributed by atoms with Crippen LogP contribution in [0, 0.1) is 10.1 Å². The Labute approximate surface area is 63.2 Å². The minimum Gasteiger partial charge on any atom is -0.358 e. The Kier molecular flexibility index (Phi) is 2.00. The molecule has 0 saturated heterocycles. The maximum Gasteiger partial charge on any atom is 0.365 e. The zero-order valence-corrected chi connectivity index (χ0v) is 5.94. The zero-order valence-electron chi connectivity index (χ0n) is 5.94. The molecular weight excluding hydrogens is 146 g/mol. The Morgan fingerprint density at radius 2 is 2.36 bits per heavy atom. The second-order valence-electron chi connectivity index (χ2n) is 1.89.